The van der Waals surface area contributed by atoms with Gasteiger partial charge in [0.2, 0.25) is 41.4 Å². The van der Waals surface area contributed by atoms with Crippen LogP contribution in [0.15, 0.2) is 78.3 Å². The summed E-state index contributed by atoms with van der Waals surface area (Å²) in [6, 6.07) is 8.32. The molecular formula is C48H62N10O11S3. The van der Waals surface area contributed by atoms with Gasteiger partial charge in [0.15, 0.2) is 0 Å². The van der Waals surface area contributed by atoms with Crippen molar-refractivity contribution in [2.45, 2.75) is 107 Å². The predicted octanol–water partition coefficient (Wildman–Crippen LogP) is 0.718. The quantitative estimate of drug-likeness (QED) is 0.0483. The van der Waals surface area contributed by atoms with Crippen LogP contribution >= 0.6 is 32.9 Å². The number of aromatic nitrogens is 1. The largest absolute Gasteiger partial charge is 0.481 e. The number of hydrogen-bond donors (Lipinski definition) is 12. The van der Waals surface area contributed by atoms with E-state index >= 15 is 0 Å². The fourth-order valence-corrected chi connectivity index (χ4v) is 10.8. The van der Waals surface area contributed by atoms with Gasteiger partial charge in [-0.2, -0.15) is 0 Å². The lowest BCUT2D eigenvalue weighted by Gasteiger charge is -2.28. The first kappa shape index (κ1) is 56.4. The molecule has 7 amide bonds. The van der Waals surface area contributed by atoms with Crippen LogP contribution in [0.2, 0.25) is 0 Å². The maximum atomic E-state index is 14.7. The van der Waals surface area contributed by atoms with Gasteiger partial charge in [-0.1, -0.05) is 90.0 Å². The molecule has 72 heavy (non-hydrogen) atoms. The summed E-state index contributed by atoms with van der Waals surface area (Å²) in [6.07, 6.45) is 1.61. The van der Waals surface area contributed by atoms with E-state index in [2.05, 4.69) is 42.2 Å². The first-order valence-corrected chi connectivity index (χ1v) is 26.7. The van der Waals surface area contributed by atoms with Crippen LogP contribution in [0.3, 0.4) is 0 Å². The highest BCUT2D eigenvalue weighted by Crippen LogP contribution is 2.25. The first-order chi connectivity index (χ1) is 34.4. The number of nitrogens with one attached hydrogen (secondary N) is 8. The van der Waals surface area contributed by atoms with Gasteiger partial charge in [-0.15, -0.1) is 11.3 Å². The number of H-pyrrole nitrogens is 1. The third kappa shape index (κ3) is 17.1. The van der Waals surface area contributed by atoms with E-state index in [1.807, 2.05) is 24.3 Å². The average Bonchev–Trinajstić information content (AvgIpc) is 4.02. The smallest absolute Gasteiger partial charge is 0.326 e. The number of unbranched alkanes of at least 4 members (excludes halogenated alkanes) is 1. The van der Waals surface area contributed by atoms with Crippen LogP contribution in [-0.2, 0) is 62.4 Å². The molecule has 24 heteroatoms. The summed E-state index contributed by atoms with van der Waals surface area (Å²) in [5.41, 5.74) is 13.7. The van der Waals surface area contributed by atoms with Crippen molar-refractivity contribution in [1.82, 2.24) is 42.2 Å². The minimum atomic E-state index is -1.57. The zero-order valence-electron chi connectivity index (χ0n) is 39.7. The topological polar surface area (TPSA) is 346 Å². The number of aliphatic carboxylic acids is 2. The van der Waals surface area contributed by atoms with Gasteiger partial charge in [0.05, 0.1) is 12.5 Å². The SMILES string of the molecule is CC(C)[C@H](NC(=O)[C@@H]1CSSC[C@H](NC(=O)[C@@H](N)CC(=O)O)C(=O)N[C@@H](Cc2cccs2)C(=O)N[C@@H](Cc2c[nH]c3ccccc23)C(=O)N[C@@H](CCCCN)C(=O)N[C@@H](Cc2ccccc2)C(=O)N1)C(=O)O. The van der Waals surface area contributed by atoms with E-state index < -0.39 is 114 Å². The molecule has 1 aliphatic rings. The number of carboxylic acids is 2. The number of hydrogen-bond acceptors (Lipinski definition) is 14. The van der Waals surface area contributed by atoms with Crippen molar-refractivity contribution in [3.05, 3.63) is 94.3 Å². The zero-order valence-corrected chi connectivity index (χ0v) is 42.2. The third-order valence-electron chi connectivity index (χ3n) is 11.6. The standard InChI is InChI=1S/C48H62N10O11S3/c1-26(2)40(48(68)69)58-47(67)38-25-72-71-24-37(56-41(61)31(50)22-39(59)60)46(66)55-36(21-29-13-10-18-70-29)45(65)54-35(20-28-23-51-32-15-7-6-14-30(28)32)44(64)52-33(16-8-9-17-49)42(62)53-34(43(63)57-38)19-27-11-4-3-5-12-27/h3-7,10-15,18,23,26,31,33-38,40,51H,8-9,16-17,19-22,24-25,49-50H2,1-2H3,(H,52,64)(H,53,62)(H,54,65)(H,55,66)(H,56,61)(H,57,63)(H,58,67)(H,59,60)(H,68,69)/t31-,33-,34-,35-,36-,37-,38-,40-/m0/s1. The van der Waals surface area contributed by atoms with Gasteiger partial charge in [-0.05, 0) is 60.4 Å². The van der Waals surface area contributed by atoms with Crippen LogP contribution in [0.4, 0.5) is 0 Å². The van der Waals surface area contributed by atoms with E-state index in [-0.39, 0.29) is 43.7 Å². The maximum Gasteiger partial charge on any atom is 0.326 e. The molecule has 1 fully saturated rings. The van der Waals surface area contributed by atoms with Gasteiger partial charge < -0.3 is 63.9 Å². The average molecular weight is 1050 g/mol. The highest BCUT2D eigenvalue weighted by atomic mass is 33.1. The molecule has 0 bridgehead atoms. The Bertz CT molecular complexity index is 2510. The van der Waals surface area contributed by atoms with Crippen molar-refractivity contribution < 1.29 is 53.4 Å². The monoisotopic (exact) mass is 1050 g/mol. The van der Waals surface area contributed by atoms with Gasteiger partial charge in [-0.25, -0.2) is 4.79 Å². The number of benzene rings is 2. The molecule has 388 valence electrons. The van der Waals surface area contributed by atoms with Crippen LogP contribution in [0, 0.1) is 5.92 Å². The Kier molecular flexibility index (Phi) is 21.9. The van der Waals surface area contributed by atoms with E-state index in [0.717, 1.165) is 32.5 Å². The summed E-state index contributed by atoms with van der Waals surface area (Å²) in [5, 5.41) is 40.6. The molecule has 5 rings (SSSR count). The fourth-order valence-electron chi connectivity index (χ4n) is 7.68. The van der Waals surface area contributed by atoms with Gasteiger partial charge in [-0.3, -0.25) is 38.4 Å². The van der Waals surface area contributed by atoms with E-state index in [1.165, 1.54) is 11.3 Å². The summed E-state index contributed by atoms with van der Waals surface area (Å²) in [7, 11) is 1.94. The number of amides is 7. The molecule has 8 atom stereocenters. The minimum absolute atomic E-state index is 0.0606. The molecule has 2 aromatic carbocycles. The van der Waals surface area contributed by atoms with E-state index in [0.29, 0.717) is 28.8 Å². The second kappa shape index (κ2) is 28.0. The molecule has 0 spiro atoms. The molecule has 14 N–H and O–H groups in total. The molecule has 0 saturated carbocycles. The number of nitrogens with two attached hydrogens (primary N) is 2. The Morgan fingerprint density at radius 3 is 1.99 bits per heavy atom. The van der Waals surface area contributed by atoms with E-state index in [1.54, 1.807) is 67.9 Å². The van der Waals surface area contributed by atoms with Gasteiger partial charge in [0.25, 0.3) is 0 Å². The van der Waals surface area contributed by atoms with Crippen LogP contribution in [-0.4, -0.2) is 135 Å². The molecule has 1 saturated heterocycles. The lowest BCUT2D eigenvalue weighted by atomic mass is 10.0. The molecule has 0 radical (unpaired) electrons. The zero-order chi connectivity index (χ0) is 52.3. The van der Waals surface area contributed by atoms with Crippen molar-refractivity contribution in [2.24, 2.45) is 17.4 Å². The summed E-state index contributed by atoms with van der Waals surface area (Å²) >= 11 is 1.30. The van der Waals surface area contributed by atoms with E-state index in [9.17, 15) is 53.4 Å². The Hall–Kier alpha value is -6.47. The number of thiophene rings is 1. The highest BCUT2D eigenvalue weighted by molar-refractivity contribution is 8.76. The Morgan fingerprint density at radius 2 is 1.33 bits per heavy atom. The van der Waals surface area contributed by atoms with Crippen LogP contribution in [0.1, 0.15) is 55.5 Å². The summed E-state index contributed by atoms with van der Waals surface area (Å²) in [6.45, 7) is 3.45. The molecule has 3 heterocycles. The van der Waals surface area contributed by atoms with Gasteiger partial charge >= 0.3 is 11.9 Å². The number of para-hydroxylation sites is 1. The number of aromatic amines is 1. The summed E-state index contributed by atoms with van der Waals surface area (Å²) in [4.78, 5) is 128. The number of carboxylic acid groups (broad SMARTS) is 2. The molecular weight excluding hydrogens is 989 g/mol. The van der Waals surface area contributed by atoms with Gasteiger partial charge in [0.1, 0.15) is 42.3 Å². The van der Waals surface area contributed by atoms with Crippen molar-refractivity contribution in [3.63, 3.8) is 0 Å². The third-order valence-corrected chi connectivity index (χ3v) is 14.9. The van der Waals surface area contributed by atoms with Gasteiger partial charge in [0, 0.05) is 52.7 Å². The second-order valence-electron chi connectivity index (χ2n) is 17.5. The number of rotatable bonds is 18. The lowest BCUT2D eigenvalue weighted by molar-refractivity contribution is -0.143. The fraction of sp³-hybridized carbons (Fsp3) is 0.438. The molecule has 4 aromatic rings. The molecule has 1 aliphatic heterocycles. The number of carbonyl (C=O) groups is 9. The van der Waals surface area contributed by atoms with E-state index in [4.69, 9.17) is 11.5 Å². The molecule has 0 aliphatic carbocycles. The van der Waals surface area contributed by atoms with Crippen molar-refractivity contribution in [3.8, 4) is 0 Å². The van der Waals surface area contributed by atoms with Crippen molar-refractivity contribution in [1.29, 1.82) is 0 Å². The molecule has 2 aromatic heterocycles. The Labute approximate surface area is 427 Å². The minimum Gasteiger partial charge on any atom is -0.481 e. The Morgan fingerprint density at radius 1 is 0.722 bits per heavy atom. The molecule has 21 nitrogen and oxygen atoms in total. The summed E-state index contributed by atoms with van der Waals surface area (Å²) in [5.74, 6) is -9.65. The highest BCUT2D eigenvalue weighted by Gasteiger charge is 2.36. The second-order valence-corrected chi connectivity index (χ2v) is 21.1. The molecule has 0 unspecified atom stereocenters. The predicted molar refractivity (Wildman–Crippen MR) is 274 cm³/mol. The number of carbonyl (C=O) groups excluding carboxylic acids is 7. The van der Waals surface area contributed by atoms with Crippen molar-refractivity contribution in [2.75, 3.05) is 18.1 Å². The lowest BCUT2D eigenvalue weighted by Crippen LogP contribution is -2.61. The van der Waals surface area contributed by atoms with Crippen LogP contribution in [0.5, 0.6) is 0 Å². The first-order valence-electron chi connectivity index (χ1n) is 23.3. The number of fused-ring (bicyclic) bond motifs is 1. The van der Waals surface area contributed by atoms with Crippen LogP contribution in [0.25, 0.3) is 10.9 Å². The Balaban J connectivity index is 1.60. The summed E-state index contributed by atoms with van der Waals surface area (Å²) < 4.78 is 0. The maximum absolute atomic E-state index is 14.7. The normalized spacial score (nSPS) is 21.8. The van der Waals surface area contributed by atoms with Crippen molar-refractivity contribution >= 4 is 97.1 Å². The van der Waals surface area contributed by atoms with Crippen LogP contribution < -0.4 is 48.7 Å².